The van der Waals surface area contributed by atoms with Gasteiger partial charge in [0.15, 0.2) is 0 Å². The summed E-state index contributed by atoms with van der Waals surface area (Å²) in [5, 5.41) is 0. The lowest BCUT2D eigenvalue weighted by molar-refractivity contribution is 0.237. The summed E-state index contributed by atoms with van der Waals surface area (Å²) in [4.78, 5) is 10.2. The second-order valence-corrected chi connectivity index (χ2v) is 9.55. The minimum atomic E-state index is 0.0580. The zero-order chi connectivity index (χ0) is 21.2. The zero-order valence-electron chi connectivity index (χ0n) is 18.9. The number of rotatable bonds is 5. The average molecular weight is 391 g/mol. The minimum Gasteiger partial charge on any atom is -0.474 e. The molecule has 0 saturated heterocycles. The summed E-state index contributed by atoms with van der Waals surface area (Å²) in [6.07, 6.45) is 0. The van der Waals surface area contributed by atoms with Gasteiger partial charge in [-0.2, -0.15) is 0 Å². The van der Waals surface area contributed by atoms with Crippen molar-refractivity contribution in [2.75, 3.05) is 6.61 Å². The Hall–Kier alpha value is -2.42. The molecule has 0 amide bonds. The topological polar surface area (TPSA) is 34.0 Å². The summed E-state index contributed by atoms with van der Waals surface area (Å²) in [7, 11) is 0. The molecule has 2 aromatic carbocycles. The maximum Gasteiger partial charge on any atom is 0.236 e. The van der Waals surface area contributed by atoms with E-state index in [4.69, 9.17) is 14.7 Å². The predicted octanol–water partition coefficient (Wildman–Crippen LogP) is 6.90. The first-order valence-corrected chi connectivity index (χ1v) is 10.7. The summed E-state index contributed by atoms with van der Waals surface area (Å²) >= 11 is 0. The van der Waals surface area contributed by atoms with Gasteiger partial charge in [0.1, 0.15) is 12.3 Å². The number of hydrogen-bond acceptors (Lipinski definition) is 3. The van der Waals surface area contributed by atoms with Gasteiger partial charge in [-0.15, -0.1) is 0 Å². The maximum absolute atomic E-state index is 6.10. The molecule has 0 aliphatic carbocycles. The normalized spacial score (nSPS) is 17.6. The molecule has 0 fully saturated rings. The lowest BCUT2D eigenvalue weighted by Crippen LogP contribution is -2.25. The molecule has 3 rings (SSSR count). The van der Waals surface area contributed by atoms with Gasteiger partial charge in [0.2, 0.25) is 5.90 Å². The molecule has 0 spiro atoms. The van der Waals surface area contributed by atoms with E-state index >= 15 is 0 Å². The van der Waals surface area contributed by atoms with Crippen molar-refractivity contribution in [2.45, 2.75) is 66.3 Å². The summed E-state index contributed by atoms with van der Waals surface area (Å²) < 4.78 is 6.10. The van der Waals surface area contributed by atoms with Crippen molar-refractivity contribution < 1.29 is 4.74 Å². The molecular weight excluding hydrogens is 356 g/mol. The second kappa shape index (κ2) is 8.52. The van der Waals surface area contributed by atoms with Gasteiger partial charge in [-0.05, 0) is 28.4 Å². The van der Waals surface area contributed by atoms with E-state index in [2.05, 4.69) is 78.8 Å². The molecule has 0 unspecified atom stereocenters. The van der Waals surface area contributed by atoms with E-state index in [-0.39, 0.29) is 11.5 Å². The van der Waals surface area contributed by atoms with Crippen LogP contribution in [0.15, 0.2) is 58.5 Å². The van der Waals surface area contributed by atoms with Crippen LogP contribution in [0.2, 0.25) is 0 Å². The SMILES string of the molecule is CC(C)c1cccc(C(C)C)c1N=C(C1=N[C@@H](C(C)(C)C)CO1)c1ccccc1. The second-order valence-electron chi connectivity index (χ2n) is 9.55. The van der Waals surface area contributed by atoms with Crippen LogP contribution in [0.25, 0.3) is 0 Å². The molecule has 0 saturated carbocycles. The Labute approximate surface area is 175 Å². The highest BCUT2D eigenvalue weighted by atomic mass is 16.5. The molecule has 1 atom stereocenters. The van der Waals surface area contributed by atoms with Gasteiger partial charge < -0.3 is 4.74 Å². The van der Waals surface area contributed by atoms with E-state index in [1.165, 1.54) is 11.1 Å². The number of hydrogen-bond donors (Lipinski definition) is 0. The Morgan fingerprint density at radius 2 is 1.52 bits per heavy atom. The van der Waals surface area contributed by atoms with E-state index < -0.39 is 0 Å². The standard InChI is InChI=1S/C26H34N2O/c1-17(2)20-14-11-15-21(18(3)4)24(20)28-23(19-12-9-8-10-13-19)25-27-22(16-29-25)26(5,6)7/h8-15,17-18,22H,16H2,1-7H3/t22-/m1/s1. The van der Waals surface area contributed by atoms with E-state index in [9.17, 15) is 0 Å². The summed E-state index contributed by atoms with van der Waals surface area (Å²) in [6, 6.07) is 16.9. The molecule has 29 heavy (non-hydrogen) atoms. The molecule has 3 nitrogen and oxygen atoms in total. The van der Waals surface area contributed by atoms with Crippen LogP contribution in [0.1, 0.15) is 77.0 Å². The fourth-order valence-electron chi connectivity index (χ4n) is 3.53. The Bertz CT molecular complexity index is 876. The van der Waals surface area contributed by atoms with Gasteiger partial charge in [-0.25, -0.2) is 9.98 Å². The first-order valence-electron chi connectivity index (χ1n) is 10.7. The highest BCUT2D eigenvalue weighted by Crippen LogP contribution is 2.36. The van der Waals surface area contributed by atoms with Gasteiger partial charge in [-0.1, -0.05) is 97.0 Å². The molecule has 0 aromatic heterocycles. The Balaban J connectivity index is 2.21. The summed E-state index contributed by atoms with van der Waals surface area (Å²) in [5.74, 6) is 1.43. The third-order valence-corrected chi connectivity index (χ3v) is 5.47. The van der Waals surface area contributed by atoms with Crippen LogP contribution in [-0.4, -0.2) is 24.3 Å². The molecule has 0 bridgehead atoms. The van der Waals surface area contributed by atoms with Crippen LogP contribution in [0.4, 0.5) is 5.69 Å². The molecule has 0 N–H and O–H groups in total. The van der Waals surface area contributed by atoms with Crippen molar-refractivity contribution in [1.29, 1.82) is 0 Å². The van der Waals surface area contributed by atoms with Gasteiger partial charge in [0, 0.05) is 5.56 Å². The first-order chi connectivity index (χ1) is 13.7. The highest BCUT2D eigenvalue weighted by Gasteiger charge is 2.32. The molecule has 1 aliphatic heterocycles. The van der Waals surface area contributed by atoms with Crippen LogP contribution in [0, 0.1) is 5.41 Å². The van der Waals surface area contributed by atoms with Crippen LogP contribution >= 0.6 is 0 Å². The number of nitrogens with zero attached hydrogens (tertiary/aromatic N) is 2. The highest BCUT2D eigenvalue weighted by molar-refractivity contribution is 6.46. The first kappa shape index (κ1) is 21.3. The van der Waals surface area contributed by atoms with Gasteiger partial charge >= 0.3 is 0 Å². The number of para-hydroxylation sites is 1. The smallest absolute Gasteiger partial charge is 0.236 e. The third-order valence-electron chi connectivity index (χ3n) is 5.47. The molecule has 0 radical (unpaired) electrons. The molecule has 1 aliphatic rings. The fourth-order valence-corrected chi connectivity index (χ4v) is 3.53. The van der Waals surface area contributed by atoms with Crippen LogP contribution in [0.5, 0.6) is 0 Å². The fraction of sp³-hybridized carbons (Fsp3) is 0.462. The van der Waals surface area contributed by atoms with Crippen LogP contribution in [-0.2, 0) is 4.74 Å². The number of benzene rings is 2. The minimum absolute atomic E-state index is 0.0580. The summed E-state index contributed by atoms with van der Waals surface area (Å²) in [6.45, 7) is 16.1. The van der Waals surface area contributed by atoms with Gasteiger partial charge in [-0.3, -0.25) is 0 Å². The lowest BCUT2D eigenvalue weighted by Gasteiger charge is -2.21. The zero-order valence-corrected chi connectivity index (χ0v) is 18.9. The quantitative estimate of drug-likeness (QED) is 0.511. The number of ether oxygens (including phenoxy) is 1. The molecular formula is C26H34N2O. The maximum atomic E-state index is 6.10. The molecule has 2 aromatic rings. The van der Waals surface area contributed by atoms with Crippen molar-refractivity contribution in [1.82, 2.24) is 0 Å². The average Bonchev–Trinajstić information content (AvgIpc) is 3.16. The van der Waals surface area contributed by atoms with Crippen LogP contribution in [0.3, 0.4) is 0 Å². The van der Waals surface area contributed by atoms with E-state index in [0.29, 0.717) is 24.3 Å². The van der Waals surface area contributed by atoms with Crippen molar-refractivity contribution in [3.8, 4) is 0 Å². The van der Waals surface area contributed by atoms with E-state index in [0.717, 1.165) is 17.0 Å². The molecule has 3 heteroatoms. The van der Waals surface area contributed by atoms with Crippen molar-refractivity contribution in [2.24, 2.45) is 15.4 Å². The predicted molar refractivity (Wildman–Crippen MR) is 124 cm³/mol. The Morgan fingerprint density at radius 3 is 2.00 bits per heavy atom. The van der Waals surface area contributed by atoms with Crippen molar-refractivity contribution >= 4 is 17.3 Å². The van der Waals surface area contributed by atoms with Crippen LogP contribution < -0.4 is 0 Å². The third kappa shape index (κ3) is 4.77. The van der Waals surface area contributed by atoms with Gasteiger partial charge in [0.25, 0.3) is 0 Å². The summed E-state index contributed by atoms with van der Waals surface area (Å²) in [5.41, 5.74) is 5.50. The van der Waals surface area contributed by atoms with Gasteiger partial charge in [0.05, 0.1) is 11.7 Å². The lowest BCUT2D eigenvalue weighted by atomic mass is 9.88. The Morgan fingerprint density at radius 1 is 0.931 bits per heavy atom. The number of aliphatic imine (C=N–C) groups is 2. The van der Waals surface area contributed by atoms with E-state index in [1.54, 1.807) is 0 Å². The Kier molecular flexibility index (Phi) is 6.26. The van der Waals surface area contributed by atoms with Crippen molar-refractivity contribution in [3.05, 3.63) is 65.2 Å². The molecule has 154 valence electrons. The largest absolute Gasteiger partial charge is 0.474 e. The van der Waals surface area contributed by atoms with Crippen molar-refractivity contribution in [3.63, 3.8) is 0 Å². The monoisotopic (exact) mass is 390 g/mol. The van der Waals surface area contributed by atoms with E-state index in [1.807, 2.05) is 18.2 Å². The molecule has 1 heterocycles.